The molecular weight excluding hydrogens is 367 g/mol. The number of rotatable bonds is 4. The lowest BCUT2D eigenvalue weighted by molar-refractivity contribution is 0.0828. The van der Waals surface area contributed by atoms with Crippen molar-refractivity contribution in [3.05, 3.63) is 69.7 Å². The van der Waals surface area contributed by atoms with E-state index in [0.717, 1.165) is 19.4 Å². The highest BCUT2D eigenvalue weighted by molar-refractivity contribution is 6.42. The lowest BCUT2D eigenvalue weighted by Crippen LogP contribution is -2.49. The minimum atomic E-state index is -0.0653. The molecular formula is C21H22Cl2N2O. The Morgan fingerprint density at radius 1 is 1.00 bits per heavy atom. The molecule has 0 saturated carbocycles. The summed E-state index contributed by atoms with van der Waals surface area (Å²) in [6.07, 6.45) is 4.46. The number of carbonyl (C=O) groups is 1. The molecule has 5 heteroatoms. The maximum atomic E-state index is 12.6. The average molecular weight is 389 g/mol. The molecule has 2 aromatic carbocycles. The van der Waals surface area contributed by atoms with Crippen molar-refractivity contribution in [2.45, 2.75) is 50.4 Å². The van der Waals surface area contributed by atoms with Gasteiger partial charge in [0, 0.05) is 30.2 Å². The van der Waals surface area contributed by atoms with Crippen LogP contribution in [0, 0.1) is 0 Å². The van der Waals surface area contributed by atoms with Crippen LogP contribution in [0.25, 0.3) is 0 Å². The van der Waals surface area contributed by atoms with E-state index in [1.165, 1.54) is 18.4 Å². The quantitative estimate of drug-likeness (QED) is 0.805. The fourth-order valence-corrected chi connectivity index (χ4v) is 4.65. The van der Waals surface area contributed by atoms with Gasteiger partial charge in [0.2, 0.25) is 0 Å². The number of piperidine rings is 1. The summed E-state index contributed by atoms with van der Waals surface area (Å²) in [4.78, 5) is 15.2. The number of hydrogen-bond donors (Lipinski definition) is 1. The van der Waals surface area contributed by atoms with Crippen molar-refractivity contribution >= 4 is 29.1 Å². The Hall–Kier alpha value is -1.55. The van der Waals surface area contributed by atoms with Crippen molar-refractivity contribution in [1.29, 1.82) is 0 Å². The molecule has 4 rings (SSSR count). The monoisotopic (exact) mass is 388 g/mol. The first-order valence-electron chi connectivity index (χ1n) is 9.16. The maximum absolute atomic E-state index is 12.6. The number of amides is 1. The van der Waals surface area contributed by atoms with Crippen molar-refractivity contribution in [1.82, 2.24) is 10.2 Å². The van der Waals surface area contributed by atoms with Crippen LogP contribution in [-0.4, -0.2) is 28.9 Å². The first-order chi connectivity index (χ1) is 12.6. The summed E-state index contributed by atoms with van der Waals surface area (Å²) < 4.78 is 0. The molecule has 1 amide bonds. The molecule has 136 valence electrons. The van der Waals surface area contributed by atoms with Gasteiger partial charge in [-0.25, -0.2) is 0 Å². The number of halogens is 2. The molecule has 2 heterocycles. The van der Waals surface area contributed by atoms with Crippen LogP contribution in [0.2, 0.25) is 10.0 Å². The van der Waals surface area contributed by atoms with Gasteiger partial charge in [-0.3, -0.25) is 9.69 Å². The summed E-state index contributed by atoms with van der Waals surface area (Å²) in [5.74, 6) is -0.0653. The highest BCUT2D eigenvalue weighted by Gasteiger charge is 2.40. The van der Waals surface area contributed by atoms with E-state index in [2.05, 4.69) is 40.5 Å². The highest BCUT2D eigenvalue weighted by atomic mass is 35.5. The Kier molecular flexibility index (Phi) is 5.21. The van der Waals surface area contributed by atoms with E-state index < -0.39 is 0 Å². The maximum Gasteiger partial charge on any atom is 0.251 e. The summed E-state index contributed by atoms with van der Waals surface area (Å²) >= 11 is 12.0. The van der Waals surface area contributed by atoms with Gasteiger partial charge < -0.3 is 5.32 Å². The number of carbonyl (C=O) groups excluding carboxylic acids is 1. The smallest absolute Gasteiger partial charge is 0.251 e. The van der Waals surface area contributed by atoms with Gasteiger partial charge in [0.1, 0.15) is 0 Å². The lowest BCUT2D eigenvalue weighted by Gasteiger charge is -2.39. The van der Waals surface area contributed by atoms with Crippen molar-refractivity contribution in [3.63, 3.8) is 0 Å². The van der Waals surface area contributed by atoms with Gasteiger partial charge in [-0.1, -0.05) is 53.5 Å². The van der Waals surface area contributed by atoms with Crippen molar-refractivity contribution in [2.75, 3.05) is 0 Å². The molecule has 2 atom stereocenters. The second-order valence-electron chi connectivity index (χ2n) is 7.31. The minimum absolute atomic E-state index is 0.0653. The minimum Gasteiger partial charge on any atom is -0.349 e. The standard InChI is InChI=1S/C21H22Cl2N2O/c22-19-9-6-15(10-20(19)23)21(26)24-16-11-17-7-8-18(12-16)25(17)13-14-4-2-1-3-5-14/h1-6,9-10,16-18H,7-8,11-13H2,(H,24,26). The van der Waals surface area contributed by atoms with Crippen LogP contribution in [-0.2, 0) is 6.54 Å². The zero-order chi connectivity index (χ0) is 18.1. The van der Waals surface area contributed by atoms with Gasteiger partial charge in [0.25, 0.3) is 5.91 Å². The Bertz CT molecular complexity index is 782. The summed E-state index contributed by atoms with van der Waals surface area (Å²) in [7, 11) is 0. The molecule has 0 aromatic heterocycles. The molecule has 2 aliphatic heterocycles. The lowest BCUT2D eigenvalue weighted by atomic mass is 9.96. The molecule has 26 heavy (non-hydrogen) atoms. The zero-order valence-electron chi connectivity index (χ0n) is 14.5. The van der Waals surface area contributed by atoms with E-state index in [-0.39, 0.29) is 11.9 Å². The third kappa shape index (κ3) is 3.75. The molecule has 2 aromatic rings. The third-order valence-electron chi connectivity index (χ3n) is 5.61. The van der Waals surface area contributed by atoms with Gasteiger partial charge in [-0.15, -0.1) is 0 Å². The van der Waals surface area contributed by atoms with Crippen molar-refractivity contribution < 1.29 is 4.79 Å². The zero-order valence-corrected chi connectivity index (χ0v) is 16.0. The predicted octanol–water partition coefficient (Wildman–Crippen LogP) is 4.92. The van der Waals surface area contributed by atoms with E-state index in [0.29, 0.717) is 27.7 Å². The average Bonchev–Trinajstić information content (AvgIpc) is 2.87. The van der Waals surface area contributed by atoms with Crippen LogP contribution in [0.1, 0.15) is 41.6 Å². The van der Waals surface area contributed by atoms with Gasteiger partial charge in [0.05, 0.1) is 10.0 Å². The van der Waals surface area contributed by atoms with E-state index >= 15 is 0 Å². The Balaban J connectivity index is 1.39. The van der Waals surface area contributed by atoms with Crippen LogP contribution in [0.5, 0.6) is 0 Å². The van der Waals surface area contributed by atoms with Gasteiger partial charge in [0.15, 0.2) is 0 Å². The molecule has 3 nitrogen and oxygen atoms in total. The number of nitrogens with zero attached hydrogens (tertiary/aromatic N) is 1. The first kappa shape index (κ1) is 17.8. The molecule has 0 spiro atoms. The number of fused-ring (bicyclic) bond motifs is 2. The van der Waals surface area contributed by atoms with E-state index in [1.807, 2.05) is 0 Å². The first-order valence-corrected chi connectivity index (χ1v) is 9.91. The van der Waals surface area contributed by atoms with Crippen LogP contribution < -0.4 is 5.32 Å². The van der Waals surface area contributed by atoms with E-state index in [1.54, 1.807) is 18.2 Å². The number of benzene rings is 2. The van der Waals surface area contributed by atoms with Gasteiger partial charge >= 0.3 is 0 Å². The topological polar surface area (TPSA) is 32.3 Å². The Morgan fingerprint density at radius 2 is 1.69 bits per heavy atom. The van der Waals surface area contributed by atoms with Crippen LogP contribution in [0.15, 0.2) is 48.5 Å². The Morgan fingerprint density at radius 3 is 2.35 bits per heavy atom. The summed E-state index contributed by atoms with van der Waals surface area (Å²) in [5.41, 5.74) is 1.93. The second kappa shape index (κ2) is 7.59. The third-order valence-corrected chi connectivity index (χ3v) is 6.35. The second-order valence-corrected chi connectivity index (χ2v) is 8.13. The van der Waals surface area contributed by atoms with E-state index in [4.69, 9.17) is 23.2 Å². The van der Waals surface area contributed by atoms with Crippen molar-refractivity contribution in [3.8, 4) is 0 Å². The molecule has 2 bridgehead atoms. The fourth-order valence-electron chi connectivity index (χ4n) is 4.35. The molecule has 2 fully saturated rings. The summed E-state index contributed by atoms with van der Waals surface area (Å²) in [5, 5.41) is 4.08. The number of nitrogens with one attached hydrogen (secondary N) is 1. The molecule has 2 saturated heterocycles. The SMILES string of the molecule is O=C(NC1CC2CCC(C1)N2Cc1ccccc1)c1ccc(Cl)c(Cl)c1. The normalized spacial score (nSPS) is 25.2. The fraction of sp³-hybridized carbons (Fsp3) is 0.381. The molecule has 0 radical (unpaired) electrons. The molecule has 2 unspecified atom stereocenters. The number of hydrogen-bond acceptors (Lipinski definition) is 2. The molecule has 2 aliphatic rings. The van der Waals surface area contributed by atoms with E-state index in [9.17, 15) is 4.79 Å². The van der Waals surface area contributed by atoms with Gasteiger partial charge in [-0.05, 0) is 49.4 Å². The predicted molar refractivity (Wildman–Crippen MR) is 106 cm³/mol. The largest absolute Gasteiger partial charge is 0.349 e. The van der Waals surface area contributed by atoms with Gasteiger partial charge in [-0.2, -0.15) is 0 Å². The van der Waals surface area contributed by atoms with Crippen molar-refractivity contribution in [2.24, 2.45) is 0 Å². The Labute approximate surface area is 164 Å². The molecule has 0 aliphatic carbocycles. The molecule has 1 N–H and O–H groups in total. The van der Waals surface area contributed by atoms with Crippen LogP contribution in [0.3, 0.4) is 0 Å². The van der Waals surface area contributed by atoms with Crippen LogP contribution >= 0.6 is 23.2 Å². The summed E-state index contributed by atoms with van der Waals surface area (Å²) in [6.45, 7) is 1.00. The van der Waals surface area contributed by atoms with Crippen LogP contribution in [0.4, 0.5) is 0 Å². The highest BCUT2D eigenvalue weighted by Crippen LogP contribution is 2.37. The summed E-state index contributed by atoms with van der Waals surface area (Å²) in [6, 6.07) is 17.0.